The van der Waals surface area contributed by atoms with Gasteiger partial charge in [0.05, 0.1) is 24.6 Å². The fourth-order valence-corrected chi connectivity index (χ4v) is 1.87. The number of nitriles is 1. The number of rotatable bonds is 8. The summed E-state index contributed by atoms with van der Waals surface area (Å²) in [5.41, 5.74) is 4.90. The summed E-state index contributed by atoms with van der Waals surface area (Å²) in [6.07, 6.45) is 4.11. The molecule has 0 atom stereocenters. The first-order chi connectivity index (χ1) is 10.9. The second kappa shape index (κ2) is 9.19. The van der Waals surface area contributed by atoms with Gasteiger partial charge in [0.15, 0.2) is 0 Å². The van der Waals surface area contributed by atoms with Gasteiger partial charge < -0.3 is 4.74 Å². The molecule has 0 aromatic heterocycles. The molecular weight excluding hydrogens is 274 g/mol. The molecule has 22 heavy (non-hydrogen) atoms. The molecule has 0 spiro atoms. The summed E-state index contributed by atoms with van der Waals surface area (Å²) in [7, 11) is 0. The standard InChI is InChI=1S/C18H19N3O/c19-12-5-2-6-13-22-18-11-7-8-16(14-18)15-20-21-17-9-3-1-4-10-17/h1,3-4,7-11,14-15,21H,2,5-6,13H2. The first-order valence-corrected chi connectivity index (χ1v) is 7.32. The molecule has 0 heterocycles. The monoisotopic (exact) mass is 293 g/mol. The van der Waals surface area contributed by atoms with Crippen LogP contribution >= 0.6 is 0 Å². The summed E-state index contributed by atoms with van der Waals surface area (Å²) in [5.74, 6) is 0.820. The van der Waals surface area contributed by atoms with Crippen molar-refractivity contribution in [3.63, 3.8) is 0 Å². The van der Waals surface area contributed by atoms with E-state index in [9.17, 15) is 0 Å². The van der Waals surface area contributed by atoms with E-state index in [1.54, 1.807) is 6.21 Å². The Bertz CT molecular complexity index is 632. The van der Waals surface area contributed by atoms with Crippen molar-refractivity contribution >= 4 is 11.9 Å². The second-order valence-corrected chi connectivity index (χ2v) is 4.77. The molecule has 0 saturated heterocycles. The van der Waals surface area contributed by atoms with Crippen molar-refractivity contribution in [3.8, 4) is 11.8 Å². The Balaban J connectivity index is 1.82. The smallest absolute Gasteiger partial charge is 0.119 e. The number of nitrogens with zero attached hydrogens (tertiary/aromatic N) is 2. The fraction of sp³-hybridized carbons (Fsp3) is 0.222. The molecule has 0 aliphatic rings. The third kappa shape index (κ3) is 5.68. The van der Waals surface area contributed by atoms with E-state index >= 15 is 0 Å². The van der Waals surface area contributed by atoms with Gasteiger partial charge in [-0.2, -0.15) is 10.4 Å². The molecule has 0 bridgehead atoms. The summed E-state index contributed by atoms with van der Waals surface area (Å²) in [5, 5.41) is 12.7. The summed E-state index contributed by atoms with van der Waals surface area (Å²) < 4.78 is 5.67. The van der Waals surface area contributed by atoms with Crippen molar-refractivity contribution in [1.29, 1.82) is 5.26 Å². The Morgan fingerprint density at radius 1 is 1.09 bits per heavy atom. The van der Waals surface area contributed by atoms with Crippen LogP contribution in [0.4, 0.5) is 5.69 Å². The van der Waals surface area contributed by atoms with Gasteiger partial charge in [-0.15, -0.1) is 0 Å². The zero-order valence-corrected chi connectivity index (χ0v) is 12.4. The molecule has 0 aliphatic carbocycles. The maximum Gasteiger partial charge on any atom is 0.119 e. The summed E-state index contributed by atoms with van der Waals surface area (Å²) in [4.78, 5) is 0. The van der Waals surface area contributed by atoms with Gasteiger partial charge in [-0.25, -0.2) is 0 Å². The van der Waals surface area contributed by atoms with Crippen LogP contribution in [0.15, 0.2) is 59.7 Å². The number of para-hydroxylation sites is 1. The lowest BCUT2D eigenvalue weighted by Crippen LogP contribution is -1.97. The van der Waals surface area contributed by atoms with Gasteiger partial charge in [-0.1, -0.05) is 30.3 Å². The van der Waals surface area contributed by atoms with Gasteiger partial charge in [-0.3, -0.25) is 5.43 Å². The van der Waals surface area contributed by atoms with Crippen LogP contribution in [0.1, 0.15) is 24.8 Å². The molecule has 1 N–H and O–H groups in total. The highest BCUT2D eigenvalue weighted by molar-refractivity contribution is 5.80. The zero-order valence-electron chi connectivity index (χ0n) is 12.4. The van der Waals surface area contributed by atoms with Crippen molar-refractivity contribution < 1.29 is 4.74 Å². The first kappa shape index (κ1) is 15.6. The maximum atomic E-state index is 8.47. The van der Waals surface area contributed by atoms with Crippen LogP contribution in [0.25, 0.3) is 0 Å². The van der Waals surface area contributed by atoms with Crippen molar-refractivity contribution in [3.05, 3.63) is 60.2 Å². The zero-order chi connectivity index (χ0) is 15.5. The third-order valence-electron chi connectivity index (χ3n) is 2.99. The minimum atomic E-state index is 0.585. The molecule has 0 fully saturated rings. The van der Waals surface area contributed by atoms with E-state index in [-0.39, 0.29) is 0 Å². The van der Waals surface area contributed by atoms with Crippen molar-refractivity contribution in [2.24, 2.45) is 5.10 Å². The van der Waals surface area contributed by atoms with Gasteiger partial charge in [0.25, 0.3) is 0 Å². The van der Waals surface area contributed by atoms with E-state index in [0.29, 0.717) is 13.0 Å². The van der Waals surface area contributed by atoms with Gasteiger partial charge in [-0.05, 0) is 42.7 Å². The summed E-state index contributed by atoms with van der Waals surface area (Å²) in [6, 6.07) is 19.7. The number of hydrogen-bond acceptors (Lipinski definition) is 4. The Kier molecular flexibility index (Phi) is 6.51. The SMILES string of the molecule is N#CCCCCOc1cccc(C=NNc2ccccc2)c1. The Morgan fingerprint density at radius 2 is 1.95 bits per heavy atom. The molecule has 4 heteroatoms. The lowest BCUT2D eigenvalue weighted by atomic mass is 10.2. The van der Waals surface area contributed by atoms with E-state index in [0.717, 1.165) is 29.8 Å². The largest absolute Gasteiger partial charge is 0.494 e. The van der Waals surface area contributed by atoms with Crippen LogP contribution in [0, 0.1) is 11.3 Å². The van der Waals surface area contributed by atoms with Crippen LogP contribution in [0.2, 0.25) is 0 Å². The molecule has 0 saturated carbocycles. The van der Waals surface area contributed by atoms with E-state index < -0.39 is 0 Å². The van der Waals surface area contributed by atoms with E-state index in [1.807, 2.05) is 54.6 Å². The Morgan fingerprint density at radius 3 is 2.77 bits per heavy atom. The molecule has 0 radical (unpaired) electrons. The highest BCUT2D eigenvalue weighted by Crippen LogP contribution is 2.13. The van der Waals surface area contributed by atoms with Crippen LogP contribution in [0.3, 0.4) is 0 Å². The molecule has 112 valence electrons. The molecule has 4 nitrogen and oxygen atoms in total. The summed E-state index contributed by atoms with van der Waals surface area (Å²) >= 11 is 0. The van der Waals surface area contributed by atoms with Gasteiger partial charge in [0.1, 0.15) is 5.75 Å². The van der Waals surface area contributed by atoms with Crippen molar-refractivity contribution in [1.82, 2.24) is 0 Å². The second-order valence-electron chi connectivity index (χ2n) is 4.77. The fourth-order valence-electron chi connectivity index (χ4n) is 1.87. The average molecular weight is 293 g/mol. The van der Waals surface area contributed by atoms with Crippen LogP contribution in [-0.4, -0.2) is 12.8 Å². The lowest BCUT2D eigenvalue weighted by molar-refractivity contribution is 0.307. The van der Waals surface area contributed by atoms with Gasteiger partial charge in [0, 0.05) is 6.42 Å². The predicted octanol–water partition coefficient (Wildman–Crippen LogP) is 4.21. The molecule has 0 amide bonds. The molecule has 0 aliphatic heterocycles. The third-order valence-corrected chi connectivity index (χ3v) is 2.99. The van der Waals surface area contributed by atoms with E-state index in [4.69, 9.17) is 10.00 Å². The summed E-state index contributed by atoms with van der Waals surface area (Å²) in [6.45, 7) is 0.630. The minimum absolute atomic E-state index is 0.585. The number of ether oxygens (including phenoxy) is 1. The number of hydrazone groups is 1. The highest BCUT2D eigenvalue weighted by Gasteiger charge is 1.96. The predicted molar refractivity (Wildman–Crippen MR) is 89.1 cm³/mol. The van der Waals surface area contributed by atoms with Crippen LogP contribution in [-0.2, 0) is 0 Å². The van der Waals surface area contributed by atoms with E-state index in [1.165, 1.54) is 0 Å². The van der Waals surface area contributed by atoms with Crippen molar-refractivity contribution in [2.45, 2.75) is 19.3 Å². The van der Waals surface area contributed by atoms with Crippen LogP contribution in [0.5, 0.6) is 5.75 Å². The number of anilines is 1. The number of benzene rings is 2. The lowest BCUT2D eigenvalue weighted by Gasteiger charge is -2.06. The highest BCUT2D eigenvalue weighted by atomic mass is 16.5. The molecule has 2 aromatic carbocycles. The van der Waals surface area contributed by atoms with Crippen LogP contribution < -0.4 is 10.2 Å². The van der Waals surface area contributed by atoms with Gasteiger partial charge >= 0.3 is 0 Å². The first-order valence-electron chi connectivity index (χ1n) is 7.32. The van der Waals surface area contributed by atoms with Crippen molar-refractivity contribution in [2.75, 3.05) is 12.0 Å². The quantitative estimate of drug-likeness (QED) is 0.450. The Labute approximate surface area is 131 Å². The number of nitrogens with one attached hydrogen (secondary N) is 1. The minimum Gasteiger partial charge on any atom is -0.494 e. The maximum absolute atomic E-state index is 8.47. The number of unbranched alkanes of at least 4 members (excludes halogenated alkanes) is 2. The topological polar surface area (TPSA) is 57.4 Å². The number of hydrogen-bond donors (Lipinski definition) is 1. The van der Waals surface area contributed by atoms with E-state index in [2.05, 4.69) is 16.6 Å². The Hall–Kier alpha value is -2.80. The normalized spacial score (nSPS) is 10.3. The van der Waals surface area contributed by atoms with Gasteiger partial charge in [0.2, 0.25) is 0 Å². The molecular formula is C18H19N3O. The molecule has 2 rings (SSSR count). The molecule has 0 unspecified atom stereocenters. The average Bonchev–Trinajstić information content (AvgIpc) is 2.56. The molecule has 2 aromatic rings.